The van der Waals surface area contributed by atoms with E-state index in [4.69, 9.17) is 9.15 Å². The maximum absolute atomic E-state index is 12.6. The van der Waals surface area contributed by atoms with Crippen LogP contribution in [0.5, 0.6) is 5.75 Å². The number of amides is 1. The van der Waals surface area contributed by atoms with E-state index in [0.717, 1.165) is 11.3 Å². The first-order valence-corrected chi connectivity index (χ1v) is 8.58. The third-order valence-corrected chi connectivity index (χ3v) is 4.30. The summed E-state index contributed by atoms with van der Waals surface area (Å²) in [5.74, 6) is 0.913. The summed E-state index contributed by atoms with van der Waals surface area (Å²) in [6.07, 6.45) is 3.09. The van der Waals surface area contributed by atoms with Gasteiger partial charge in [0, 0.05) is 35.3 Å². The highest BCUT2D eigenvalue weighted by Crippen LogP contribution is 2.25. The molecular formula is C22H16N2O4. The Balaban J connectivity index is 1.66. The van der Waals surface area contributed by atoms with E-state index in [0.29, 0.717) is 28.0 Å². The molecule has 0 atom stereocenters. The summed E-state index contributed by atoms with van der Waals surface area (Å²) in [4.78, 5) is 28.8. The first-order valence-electron chi connectivity index (χ1n) is 8.58. The fourth-order valence-electron chi connectivity index (χ4n) is 2.84. The molecule has 2 aromatic heterocycles. The van der Waals surface area contributed by atoms with Crippen LogP contribution in [0.4, 0.5) is 5.69 Å². The largest absolute Gasteiger partial charge is 0.497 e. The lowest BCUT2D eigenvalue weighted by Crippen LogP contribution is -2.12. The number of fused-ring (bicyclic) bond motifs is 1. The summed E-state index contributed by atoms with van der Waals surface area (Å²) < 4.78 is 11.0. The molecule has 2 heterocycles. The normalized spacial score (nSPS) is 10.6. The molecule has 4 rings (SSSR count). The molecule has 138 valence electrons. The van der Waals surface area contributed by atoms with Crippen LogP contribution >= 0.6 is 0 Å². The molecule has 0 unspecified atom stereocenters. The summed E-state index contributed by atoms with van der Waals surface area (Å²) in [7, 11) is 1.59. The summed E-state index contributed by atoms with van der Waals surface area (Å²) >= 11 is 0. The second-order valence-electron chi connectivity index (χ2n) is 6.10. The van der Waals surface area contributed by atoms with E-state index in [1.54, 1.807) is 62.0 Å². The van der Waals surface area contributed by atoms with E-state index in [9.17, 15) is 9.59 Å². The van der Waals surface area contributed by atoms with Gasteiger partial charge >= 0.3 is 0 Å². The van der Waals surface area contributed by atoms with Crippen LogP contribution in [0.1, 0.15) is 10.4 Å². The lowest BCUT2D eigenvalue weighted by atomic mass is 10.1. The SMILES string of the molecule is COc1ccc(-c2cc(=O)c3cc(NC(=O)c4ccncc4)ccc3o2)cc1. The predicted molar refractivity (Wildman–Crippen MR) is 107 cm³/mol. The second kappa shape index (κ2) is 7.36. The molecule has 4 aromatic rings. The molecule has 6 nitrogen and oxygen atoms in total. The minimum absolute atomic E-state index is 0.188. The first-order chi connectivity index (χ1) is 13.6. The van der Waals surface area contributed by atoms with E-state index in [-0.39, 0.29) is 11.3 Å². The van der Waals surface area contributed by atoms with Crippen LogP contribution in [-0.2, 0) is 0 Å². The quantitative estimate of drug-likeness (QED) is 0.583. The van der Waals surface area contributed by atoms with Gasteiger partial charge in [0.05, 0.1) is 12.5 Å². The predicted octanol–water partition coefficient (Wildman–Crippen LogP) is 4.12. The summed E-state index contributed by atoms with van der Waals surface area (Å²) in [5.41, 5.74) is 2.03. The Bertz CT molecular complexity index is 1200. The third kappa shape index (κ3) is 3.48. The van der Waals surface area contributed by atoms with Gasteiger partial charge in [-0.05, 0) is 54.6 Å². The van der Waals surface area contributed by atoms with Crippen molar-refractivity contribution in [3.8, 4) is 17.1 Å². The highest BCUT2D eigenvalue weighted by molar-refractivity contribution is 6.04. The number of nitrogens with one attached hydrogen (secondary N) is 1. The standard InChI is InChI=1S/C22H16N2O4/c1-27-17-5-2-14(3-6-17)21-13-19(25)18-12-16(4-7-20(18)28-21)24-22(26)15-8-10-23-11-9-15/h2-13H,1H3,(H,24,26). The van der Waals surface area contributed by atoms with Crippen molar-refractivity contribution in [1.82, 2.24) is 4.98 Å². The number of anilines is 1. The van der Waals surface area contributed by atoms with E-state index < -0.39 is 0 Å². The second-order valence-corrected chi connectivity index (χ2v) is 6.10. The van der Waals surface area contributed by atoms with Crippen LogP contribution in [0, 0.1) is 0 Å². The maximum atomic E-state index is 12.6. The van der Waals surface area contributed by atoms with E-state index >= 15 is 0 Å². The monoisotopic (exact) mass is 372 g/mol. The van der Waals surface area contributed by atoms with Crippen molar-refractivity contribution in [2.75, 3.05) is 12.4 Å². The first kappa shape index (κ1) is 17.5. The average molecular weight is 372 g/mol. The fraction of sp³-hybridized carbons (Fsp3) is 0.0455. The van der Waals surface area contributed by atoms with Crippen LogP contribution in [0.2, 0.25) is 0 Å². The van der Waals surface area contributed by atoms with Gasteiger partial charge in [0.15, 0.2) is 5.43 Å². The van der Waals surface area contributed by atoms with Crippen LogP contribution in [-0.4, -0.2) is 18.0 Å². The molecule has 0 aliphatic heterocycles. The molecule has 0 saturated heterocycles. The number of methoxy groups -OCH3 is 1. The van der Waals surface area contributed by atoms with Gasteiger partial charge < -0.3 is 14.5 Å². The van der Waals surface area contributed by atoms with Gasteiger partial charge in [0.1, 0.15) is 17.1 Å². The van der Waals surface area contributed by atoms with Crippen molar-refractivity contribution >= 4 is 22.6 Å². The number of nitrogens with zero attached hydrogens (tertiary/aromatic N) is 1. The van der Waals surface area contributed by atoms with Gasteiger partial charge in [-0.25, -0.2) is 0 Å². The molecule has 0 aliphatic rings. The van der Waals surface area contributed by atoms with Gasteiger partial charge in [-0.2, -0.15) is 0 Å². The number of carbonyl (C=O) groups is 1. The van der Waals surface area contributed by atoms with Crippen LogP contribution in [0.15, 0.2) is 82.3 Å². The summed E-state index contributed by atoms with van der Waals surface area (Å²) in [6.45, 7) is 0. The van der Waals surface area contributed by atoms with Crippen LogP contribution < -0.4 is 15.5 Å². The van der Waals surface area contributed by atoms with Crippen molar-refractivity contribution < 1.29 is 13.9 Å². The molecule has 0 spiro atoms. The molecule has 0 aliphatic carbocycles. The van der Waals surface area contributed by atoms with Crippen molar-refractivity contribution in [2.24, 2.45) is 0 Å². The molecule has 0 bridgehead atoms. The van der Waals surface area contributed by atoms with E-state index in [2.05, 4.69) is 10.3 Å². The number of benzene rings is 2. The number of ether oxygens (including phenoxy) is 1. The minimum atomic E-state index is -0.277. The van der Waals surface area contributed by atoms with Gasteiger partial charge in [-0.1, -0.05) is 0 Å². The van der Waals surface area contributed by atoms with Crippen molar-refractivity contribution in [2.45, 2.75) is 0 Å². The number of aromatic nitrogens is 1. The molecule has 0 saturated carbocycles. The lowest BCUT2D eigenvalue weighted by molar-refractivity contribution is 0.102. The Kier molecular flexibility index (Phi) is 4.60. The Labute approximate surface area is 160 Å². The Hall–Kier alpha value is -3.93. The number of carbonyl (C=O) groups excluding carboxylic acids is 1. The average Bonchev–Trinajstić information content (AvgIpc) is 2.74. The Morgan fingerprint density at radius 1 is 1.00 bits per heavy atom. The lowest BCUT2D eigenvalue weighted by Gasteiger charge is -2.08. The minimum Gasteiger partial charge on any atom is -0.497 e. The zero-order valence-electron chi connectivity index (χ0n) is 15.0. The number of hydrogen-bond acceptors (Lipinski definition) is 5. The molecule has 0 fully saturated rings. The van der Waals surface area contributed by atoms with Crippen molar-refractivity contribution in [3.63, 3.8) is 0 Å². The molecule has 6 heteroatoms. The summed E-state index contributed by atoms with van der Waals surface area (Å²) in [5, 5.41) is 3.17. The Morgan fingerprint density at radius 3 is 2.46 bits per heavy atom. The zero-order valence-corrected chi connectivity index (χ0v) is 15.0. The molecule has 1 N–H and O–H groups in total. The third-order valence-electron chi connectivity index (χ3n) is 4.30. The number of rotatable bonds is 4. The zero-order chi connectivity index (χ0) is 19.5. The fourth-order valence-corrected chi connectivity index (χ4v) is 2.84. The molecular weight excluding hydrogens is 356 g/mol. The number of hydrogen-bond donors (Lipinski definition) is 1. The van der Waals surface area contributed by atoms with Crippen molar-refractivity contribution in [1.29, 1.82) is 0 Å². The Morgan fingerprint density at radius 2 is 1.75 bits per heavy atom. The highest BCUT2D eigenvalue weighted by atomic mass is 16.5. The molecule has 0 radical (unpaired) electrons. The van der Waals surface area contributed by atoms with Crippen molar-refractivity contribution in [3.05, 3.63) is 88.8 Å². The van der Waals surface area contributed by atoms with Gasteiger partial charge in [0.2, 0.25) is 0 Å². The molecule has 2 aromatic carbocycles. The van der Waals surface area contributed by atoms with E-state index in [1.165, 1.54) is 6.07 Å². The van der Waals surface area contributed by atoms with Crippen LogP contribution in [0.25, 0.3) is 22.3 Å². The smallest absolute Gasteiger partial charge is 0.255 e. The maximum Gasteiger partial charge on any atom is 0.255 e. The van der Waals surface area contributed by atoms with Gasteiger partial charge in [0.25, 0.3) is 5.91 Å². The number of pyridine rings is 1. The topological polar surface area (TPSA) is 81.4 Å². The highest BCUT2D eigenvalue weighted by Gasteiger charge is 2.10. The van der Waals surface area contributed by atoms with Gasteiger partial charge in [-0.15, -0.1) is 0 Å². The molecule has 1 amide bonds. The summed E-state index contributed by atoms with van der Waals surface area (Å²) in [6, 6.07) is 16.9. The van der Waals surface area contributed by atoms with E-state index in [1.807, 2.05) is 12.1 Å². The molecule has 28 heavy (non-hydrogen) atoms. The van der Waals surface area contributed by atoms with Gasteiger partial charge in [-0.3, -0.25) is 14.6 Å². The van der Waals surface area contributed by atoms with Crippen LogP contribution in [0.3, 0.4) is 0 Å².